The molecule has 1 unspecified atom stereocenters. The molecular weight excluding hydrogens is 278 g/mol. The molecule has 2 aliphatic rings. The molecule has 0 aromatic heterocycles. The van der Waals surface area contributed by atoms with Gasteiger partial charge in [-0.3, -0.25) is 14.9 Å². The summed E-state index contributed by atoms with van der Waals surface area (Å²) in [5.74, 6) is -0.901. The van der Waals surface area contributed by atoms with Crippen LogP contribution in [0.5, 0.6) is 0 Å². The maximum atomic E-state index is 12.5. The van der Waals surface area contributed by atoms with Gasteiger partial charge in [-0.25, -0.2) is 0 Å². The molecule has 22 heavy (non-hydrogen) atoms. The third kappa shape index (κ3) is 1.56. The Labute approximate surface area is 128 Å². The zero-order chi connectivity index (χ0) is 15.3. The lowest BCUT2D eigenvalue weighted by atomic mass is 9.79. The Kier molecular flexibility index (Phi) is 2.71. The number of imide groups is 1. The molecule has 1 N–H and O–H groups in total. The third-order valence-corrected chi connectivity index (χ3v) is 4.72. The molecule has 1 aliphatic heterocycles. The van der Waals surface area contributed by atoms with E-state index in [0.29, 0.717) is 0 Å². The Bertz CT molecular complexity index is 753. The Balaban J connectivity index is 1.99. The van der Waals surface area contributed by atoms with Gasteiger partial charge in [-0.2, -0.15) is 0 Å². The van der Waals surface area contributed by atoms with Gasteiger partial charge < -0.3 is 4.74 Å². The molecule has 0 saturated carbocycles. The molecule has 1 heterocycles. The van der Waals surface area contributed by atoms with Crippen molar-refractivity contribution in [3.63, 3.8) is 0 Å². The molecule has 4 rings (SSSR count). The Morgan fingerprint density at radius 1 is 1.00 bits per heavy atom. The van der Waals surface area contributed by atoms with Gasteiger partial charge in [0.1, 0.15) is 0 Å². The SMILES string of the molecule is COC1(C2c3ccccc3-c3ccccc32)CC(=O)NC1=O. The van der Waals surface area contributed by atoms with E-state index in [-0.39, 0.29) is 24.2 Å². The summed E-state index contributed by atoms with van der Waals surface area (Å²) in [7, 11) is 1.50. The lowest BCUT2D eigenvalue weighted by molar-refractivity contribution is -0.139. The zero-order valence-corrected chi connectivity index (χ0v) is 12.1. The standard InChI is InChI=1S/C18H15NO3/c1-22-18(10-15(20)19-17(18)21)16-13-8-4-2-6-11(13)12-7-3-5-9-14(12)16/h2-9,16H,10H2,1H3,(H,19,20,21). The third-order valence-electron chi connectivity index (χ3n) is 4.72. The molecule has 1 saturated heterocycles. The second-order valence-corrected chi connectivity index (χ2v) is 5.76. The number of amides is 2. The highest BCUT2D eigenvalue weighted by atomic mass is 16.5. The second kappa shape index (κ2) is 4.52. The number of carbonyl (C=O) groups excluding carboxylic acids is 2. The first kappa shape index (κ1) is 13.2. The van der Waals surface area contributed by atoms with Gasteiger partial charge in [0.15, 0.2) is 5.60 Å². The fourth-order valence-electron chi connectivity index (χ4n) is 3.77. The molecule has 0 radical (unpaired) electrons. The van der Waals surface area contributed by atoms with Crippen molar-refractivity contribution in [1.82, 2.24) is 5.32 Å². The van der Waals surface area contributed by atoms with Gasteiger partial charge in [-0.15, -0.1) is 0 Å². The molecule has 1 atom stereocenters. The monoisotopic (exact) mass is 293 g/mol. The summed E-state index contributed by atoms with van der Waals surface area (Å²) in [6, 6.07) is 16.0. The number of benzene rings is 2. The van der Waals surface area contributed by atoms with Crippen LogP contribution in [0, 0.1) is 0 Å². The van der Waals surface area contributed by atoms with Crippen LogP contribution in [-0.2, 0) is 14.3 Å². The average Bonchev–Trinajstić information content (AvgIpc) is 3.02. The van der Waals surface area contributed by atoms with Crippen LogP contribution in [0.15, 0.2) is 48.5 Å². The lowest BCUT2D eigenvalue weighted by Gasteiger charge is -2.31. The van der Waals surface area contributed by atoms with E-state index in [1.807, 2.05) is 48.5 Å². The Morgan fingerprint density at radius 2 is 1.55 bits per heavy atom. The van der Waals surface area contributed by atoms with Crippen molar-refractivity contribution in [2.24, 2.45) is 0 Å². The molecule has 4 heteroatoms. The van der Waals surface area contributed by atoms with E-state index in [9.17, 15) is 9.59 Å². The van der Waals surface area contributed by atoms with E-state index >= 15 is 0 Å². The first-order valence-electron chi connectivity index (χ1n) is 7.25. The summed E-state index contributed by atoms with van der Waals surface area (Å²) in [6.07, 6.45) is 0.0513. The number of nitrogens with one attached hydrogen (secondary N) is 1. The highest BCUT2D eigenvalue weighted by Crippen LogP contribution is 2.52. The van der Waals surface area contributed by atoms with Gasteiger partial charge in [0.25, 0.3) is 5.91 Å². The molecule has 1 fully saturated rings. The van der Waals surface area contributed by atoms with Crippen LogP contribution in [-0.4, -0.2) is 24.5 Å². The predicted molar refractivity (Wildman–Crippen MR) is 81.2 cm³/mol. The normalized spacial score (nSPS) is 23.3. The van der Waals surface area contributed by atoms with Crippen LogP contribution in [0.3, 0.4) is 0 Å². The van der Waals surface area contributed by atoms with Crippen LogP contribution in [0.25, 0.3) is 11.1 Å². The minimum Gasteiger partial charge on any atom is -0.367 e. The van der Waals surface area contributed by atoms with E-state index < -0.39 is 5.60 Å². The largest absolute Gasteiger partial charge is 0.367 e. The lowest BCUT2D eigenvalue weighted by Crippen LogP contribution is -2.45. The minimum atomic E-state index is -1.17. The molecule has 110 valence electrons. The van der Waals surface area contributed by atoms with Gasteiger partial charge in [0, 0.05) is 13.0 Å². The number of carbonyl (C=O) groups is 2. The van der Waals surface area contributed by atoms with E-state index in [0.717, 1.165) is 22.3 Å². The minimum absolute atomic E-state index is 0.0513. The van der Waals surface area contributed by atoms with Crippen LogP contribution in [0.4, 0.5) is 0 Å². The summed E-state index contributed by atoms with van der Waals surface area (Å²) in [6.45, 7) is 0. The van der Waals surface area contributed by atoms with E-state index in [1.165, 1.54) is 7.11 Å². The van der Waals surface area contributed by atoms with Crippen molar-refractivity contribution in [1.29, 1.82) is 0 Å². The highest BCUT2D eigenvalue weighted by molar-refractivity contribution is 6.09. The van der Waals surface area contributed by atoms with Crippen molar-refractivity contribution >= 4 is 11.8 Å². The summed E-state index contributed by atoms with van der Waals surface area (Å²) in [5, 5.41) is 2.39. The Hall–Kier alpha value is -2.46. The van der Waals surface area contributed by atoms with E-state index in [1.54, 1.807) is 0 Å². The quantitative estimate of drug-likeness (QED) is 0.864. The molecule has 1 aliphatic carbocycles. The number of rotatable bonds is 2. The van der Waals surface area contributed by atoms with Crippen molar-refractivity contribution < 1.29 is 14.3 Å². The predicted octanol–water partition coefficient (Wildman–Crippen LogP) is 2.23. The zero-order valence-electron chi connectivity index (χ0n) is 12.1. The Morgan fingerprint density at radius 3 is 2.00 bits per heavy atom. The molecular formula is C18H15NO3. The van der Waals surface area contributed by atoms with Gasteiger partial charge in [-0.05, 0) is 22.3 Å². The first-order valence-corrected chi connectivity index (χ1v) is 7.25. The van der Waals surface area contributed by atoms with E-state index in [4.69, 9.17) is 4.74 Å². The summed E-state index contributed by atoms with van der Waals surface area (Å²) >= 11 is 0. The summed E-state index contributed by atoms with van der Waals surface area (Å²) < 4.78 is 5.65. The fraction of sp³-hybridized carbons (Fsp3) is 0.222. The number of ether oxygens (including phenoxy) is 1. The number of hydrogen-bond acceptors (Lipinski definition) is 3. The van der Waals surface area contributed by atoms with Crippen LogP contribution in [0.1, 0.15) is 23.5 Å². The van der Waals surface area contributed by atoms with Gasteiger partial charge in [0.05, 0.1) is 6.42 Å². The summed E-state index contributed by atoms with van der Waals surface area (Å²) in [5.41, 5.74) is 3.11. The summed E-state index contributed by atoms with van der Waals surface area (Å²) in [4.78, 5) is 24.3. The van der Waals surface area contributed by atoms with Crippen LogP contribution in [0.2, 0.25) is 0 Å². The number of fused-ring (bicyclic) bond motifs is 3. The van der Waals surface area contributed by atoms with Crippen molar-refractivity contribution in [3.05, 3.63) is 59.7 Å². The first-order chi connectivity index (χ1) is 10.7. The number of hydrogen-bond donors (Lipinski definition) is 1. The molecule has 2 aromatic carbocycles. The van der Waals surface area contributed by atoms with Gasteiger partial charge in [0.2, 0.25) is 5.91 Å². The molecule has 0 bridgehead atoms. The second-order valence-electron chi connectivity index (χ2n) is 5.76. The van der Waals surface area contributed by atoms with Crippen molar-refractivity contribution in [2.45, 2.75) is 17.9 Å². The number of methoxy groups -OCH3 is 1. The highest BCUT2D eigenvalue weighted by Gasteiger charge is 2.56. The molecule has 2 amide bonds. The molecule has 0 spiro atoms. The molecule has 4 nitrogen and oxygen atoms in total. The molecule has 2 aromatic rings. The van der Waals surface area contributed by atoms with E-state index in [2.05, 4.69) is 5.32 Å². The topological polar surface area (TPSA) is 55.4 Å². The van der Waals surface area contributed by atoms with Gasteiger partial charge >= 0.3 is 0 Å². The van der Waals surface area contributed by atoms with Crippen molar-refractivity contribution in [3.8, 4) is 11.1 Å². The van der Waals surface area contributed by atoms with Crippen molar-refractivity contribution in [2.75, 3.05) is 7.11 Å². The maximum Gasteiger partial charge on any atom is 0.260 e. The van der Waals surface area contributed by atoms with Crippen LogP contribution >= 0.6 is 0 Å². The maximum absolute atomic E-state index is 12.5. The fourth-order valence-corrected chi connectivity index (χ4v) is 3.77. The average molecular weight is 293 g/mol. The smallest absolute Gasteiger partial charge is 0.260 e. The van der Waals surface area contributed by atoms with Gasteiger partial charge in [-0.1, -0.05) is 48.5 Å². The van der Waals surface area contributed by atoms with Crippen LogP contribution < -0.4 is 5.32 Å².